The highest BCUT2D eigenvalue weighted by atomic mass is 16.3. The molecule has 1 aromatic carbocycles. The molecule has 2 amide bonds. The number of aliphatic hydroxyl groups is 1. The molecule has 2 saturated heterocycles. The largest absolute Gasteiger partial charge is 0.388 e. The maximum Gasteiger partial charge on any atom is 0.247 e. The third kappa shape index (κ3) is 6.04. The first-order chi connectivity index (χ1) is 15.5. The molecule has 3 rings (SSSR count). The van der Waals surface area contributed by atoms with Crippen LogP contribution in [0.2, 0.25) is 0 Å². The number of benzene rings is 1. The molecule has 0 radical (unpaired) electrons. The summed E-state index contributed by atoms with van der Waals surface area (Å²) in [5, 5.41) is 23.5. The zero-order valence-corrected chi connectivity index (χ0v) is 17.9. The van der Waals surface area contributed by atoms with Gasteiger partial charge in [-0.2, -0.15) is 5.26 Å². The Morgan fingerprint density at radius 3 is 2.47 bits per heavy atom. The second kappa shape index (κ2) is 11.2. The van der Waals surface area contributed by atoms with Crippen molar-refractivity contribution in [3.05, 3.63) is 29.8 Å². The van der Waals surface area contributed by atoms with Gasteiger partial charge in [-0.05, 0) is 56.4 Å². The molecule has 0 saturated carbocycles. The van der Waals surface area contributed by atoms with Crippen LogP contribution in [0.4, 0.5) is 5.69 Å². The van der Waals surface area contributed by atoms with Gasteiger partial charge < -0.3 is 20.2 Å². The number of nitrogens with zero attached hydrogens (tertiary/aromatic N) is 4. The Hall–Kier alpha value is -3.45. The summed E-state index contributed by atoms with van der Waals surface area (Å²) < 4.78 is 0. The second-order valence-corrected chi connectivity index (χ2v) is 7.86. The number of ketones is 1. The molecular formula is C22H28N6O4. The van der Waals surface area contributed by atoms with E-state index in [2.05, 4.69) is 15.6 Å². The summed E-state index contributed by atoms with van der Waals surface area (Å²) in [7, 11) is 0. The van der Waals surface area contributed by atoms with Crippen molar-refractivity contribution in [1.82, 2.24) is 15.1 Å². The van der Waals surface area contributed by atoms with E-state index in [4.69, 9.17) is 10.4 Å². The summed E-state index contributed by atoms with van der Waals surface area (Å²) in [6.07, 6.45) is 5.90. The number of likely N-dealkylation sites (tertiary alicyclic amines) is 2. The van der Waals surface area contributed by atoms with E-state index in [1.54, 1.807) is 34.1 Å². The summed E-state index contributed by atoms with van der Waals surface area (Å²) in [4.78, 5) is 45.0. The zero-order valence-electron chi connectivity index (χ0n) is 17.9. The molecule has 2 heterocycles. The summed E-state index contributed by atoms with van der Waals surface area (Å²) in [6, 6.07) is 5.63. The van der Waals surface area contributed by atoms with Crippen LogP contribution in [0, 0.1) is 11.5 Å². The first-order valence-electron chi connectivity index (χ1n) is 10.8. The molecule has 2 aliphatic rings. The van der Waals surface area contributed by atoms with Crippen molar-refractivity contribution in [3.8, 4) is 6.19 Å². The Morgan fingerprint density at radius 2 is 1.81 bits per heavy atom. The van der Waals surface area contributed by atoms with E-state index in [1.165, 1.54) is 0 Å². The van der Waals surface area contributed by atoms with Crippen LogP contribution in [-0.4, -0.2) is 77.3 Å². The quantitative estimate of drug-likeness (QED) is 0.195. The topological polar surface area (TPSA) is 138 Å². The van der Waals surface area contributed by atoms with E-state index in [-0.39, 0.29) is 24.3 Å². The monoisotopic (exact) mass is 440 g/mol. The smallest absolute Gasteiger partial charge is 0.247 e. The molecule has 10 nitrogen and oxygen atoms in total. The highest BCUT2D eigenvalue weighted by molar-refractivity contribution is 5.99. The number of anilines is 1. The van der Waals surface area contributed by atoms with Gasteiger partial charge in [0.1, 0.15) is 12.6 Å². The molecule has 0 aromatic heterocycles. The van der Waals surface area contributed by atoms with Crippen molar-refractivity contribution in [3.63, 3.8) is 0 Å². The molecular weight excluding hydrogens is 412 g/mol. The van der Waals surface area contributed by atoms with Crippen LogP contribution in [-0.2, 0) is 9.59 Å². The fraction of sp³-hybridized carbons (Fsp3) is 0.500. The number of carbonyl (C=O) groups is 3. The Morgan fingerprint density at radius 1 is 1.12 bits per heavy atom. The number of rotatable bonds is 6. The average Bonchev–Trinajstić information content (AvgIpc) is 3.29. The lowest BCUT2D eigenvalue weighted by molar-refractivity contribution is -0.140. The highest BCUT2D eigenvalue weighted by Gasteiger charge is 2.30. The summed E-state index contributed by atoms with van der Waals surface area (Å²) in [5.41, 5.74) is 0.921. The highest BCUT2D eigenvalue weighted by Crippen LogP contribution is 2.17. The standard InChI is InChI=1S/C22H28N6O4/c23-15-24-22(25-17-8-6-16(7-9-17)19(30)14-29)26-18-5-1-2-12-28(21(18)32)13-20(31)27-10-3-4-11-27/h6-9,18,29H,1-5,10-14H2,(H2,24,25,26). The lowest BCUT2D eigenvalue weighted by atomic mass is 10.1. The number of guanidine groups is 1. The van der Waals surface area contributed by atoms with Gasteiger partial charge in [0.2, 0.25) is 17.8 Å². The number of nitrogens with one attached hydrogen (secondary N) is 2. The Kier molecular flexibility index (Phi) is 8.16. The van der Waals surface area contributed by atoms with Gasteiger partial charge in [0.15, 0.2) is 12.0 Å². The lowest BCUT2D eigenvalue weighted by Gasteiger charge is -2.25. The molecule has 3 N–H and O–H groups in total. The predicted octanol–water partition coefficient (Wildman–Crippen LogP) is 0.704. The minimum absolute atomic E-state index is 0.0357. The summed E-state index contributed by atoms with van der Waals surface area (Å²) in [5.74, 6) is -0.544. The number of Topliss-reactive ketones (excluding diaryl/α,β-unsaturated/α-hetero) is 1. The Labute approximate surface area is 186 Å². The van der Waals surface area contributed by atoms with Crippen LogP contribution in [0.25, 0.3) is 0 Å². The van der Waals surface area contributed by atoms with Crippen LogP contribution in [0.15, 0.2) is 29.3 Å². The lowest BCUT2D eigenvalue weighted by Crippen LogP contribution is -2.45. The molecule has 32 heavy (non-hydrogen) atoms. The molecule has 1 atom stereocenters. The predicted molar refractivity (Wildman–Crippen MR) is 118 cm³/mol. The van der Waals surface area contributed by atoms with Crippen molar-refractivity contribution in [2.24, 2.45) is 4.99 Å². The van der Waals surface area contributed by atoms with Crippen molar-refractivity contribution < 1.29 is 19.5 Å². The first-order valence-corrected chi connectivity index (χ1v) is 10.8. The van der Waals surface area contributed by atoms with Crippen molar-refractivity contribution >= 4 is 29.2 Å². The van der Waals surface area contributed by atoms with Crippen molar-refractivity contribution in [2.45, 2.75) is 38.1 Å². The molecule has 170 valence electrons. The fourth-order valence-electron chi connectivity index (χ4n) is 3.86. The Balaban J connectivity index is 1.71. The molecule has 0 aliphatic carbocycles. The summed E-state index contributed by atoms with van der Waals surface area (Å²) >= 11 is 0. The third-order valence-corrected chi connectivity index (χ3v) is 5.61. The minimum atomic E-state index is -0.706. The number of nitriles is 1. The minimum Gasteiger partial charge on any atom is -0.388 e. The number of aliphatic hydroxyl groups excluding tert-OH is 1. The normalized spacial score (nSPS) is 19.3. The van der Waals surface area contributed by atoms with Crippen LogP contribution in [0.3, 0.4) is 0 Å². The maximum atomic E-state index is 13.1. The molecule has 2 fully saturated rings. The molecule has 1 unspecified atom stereocenters. The van der Waals surface area contributed by atoms with Gasteiger partial charge >= 0.3 is 0 Å². The zero-order chi connectivity index (χ0) is 22.9. The number of hydrogen-bond acceptors (Lipinski definition) is 6. The van der Waals surface area contributed by atoms with Gasteiger partial charge in [-0.3, -0.25) is 19.7 Å². The Bertz CT molecular complexity index is 902. The molecule has 1 aromatic rings. The fourth-order valence-corrected chi connectivity index (χ4v) is 3.86. The van der Waals surface area contributed by atoms with Gasteiger partial charge in [0, 0.05) is 30.9 Å². The number of amides is 2. The van der Waals surface area contributed by atoms with Crippen molar-refractivity contribution in [2.75, 3.05) is 38.1 Å². The van der Waals surface area contributed by atoms with E-state index in [9.17, 15) is 14.4 Å². The van der Waals surface area contributed by atoms with Crippen LogP contribution >= 0.6 is 0 Å². The van der Waals surface area contributed by atoms with Gasteiger partial charge in [0.25, 0.3) is 0 Å². The van der Waals surface area contributed by atoms with Gasteiger partial charge in [0.05, 0.1) is 6.54 Å². The SMILES string of the molecule is N#CNC(=NC1CCCCN(CC(=O)N2CCCC2)C1=O)Nc1ccc(C(=O)CO)cc1. The van der Waals surface area contributed by atoms with E-state index >= 15 is 0 Å². The number of hydrogen-bond donors (Lipinski definition) is 3. The molecule has 10 heteroatoms. The third-order valence-electron chi connectivity index (χ3n) is 5.61. The van der Waals surface area contributed by atoms with E-state index in [0.29, 0.717) is 24.2 Å². The first kappa shape index (κ1) is 23.2. The van der Waals surface area contributed by atoms with Crippen LogP contribution < -0.4 is 10.6 Å². The van der Waals surface area contributed by atoms with E-state index < -0.39 is 18.4 Å². The maximum absolute atomic E-state index is 13.1. The van der Waals surface area contributed by atoms with E-state index in [0.717, 1.165) is 38.8 Å². The molecule has 0 bridgehead atoms. The number of aliphatic imine (C=N–C) groups is 1. The van der Waals surface area contributed by atoms with Crippen LogP contribution in [0.5, 0.6) is 0 Å². The van der Waals surface area contributed by atoms with E-state index in [1.807, 2.05) is 6.19 Å². The molecule has 2 aliphatic heterocycles. The van der Waals surface area contributed by atoms with Crippen LogP contribution in [0.1, 0.15) is 42.5 Å². The van der Waals surface area contributed by atoms with Crippen molar-refractivity contribution in [1.29, 1.82) is 5.26 Å². The molecule has 0 spiro atoms. The second-order valence-electron chi connectivity index (χ2n) is 7.86. The summed E-state index contributed by atoms with van der Waals surface area (Å²) in [6.45, 7) is 1.48. The average molecular weight is 441 g/mol. The van der Waals surface area contributed by atoms with Gasteiger partial charge in [-0.1, -0.05) is 0 Å². The van der Waals surface area contributed by atoms with Gasteiger partial charge in [-0.15, -0.1) is 0 Å². The number of carbonyl (C=O) groups excluding carboxylic acids is 3. The van der Waals surface area contributed by atoms with Gasteiger partial charge in [-0.25, -0.2) is 4.99 Å².